The molecule has 0 heteroatoms. The molecule has 2 unspecified atom stereocenters. The zero-order valence-corrected chi connectivity index (χ0v) is 9.14. The van der Waals surface area contributed by atoms with Crippen LogP contribution in [0.3, 0.4) is 0 Å². The molecule has 0 heterocycles. The van der Waals surface area contributed by atoms with Crippen LogP contribution < -0.4 is 0 Å². The van der Waals surface area contributed by atoms with Crippen molar-refractivity contribution in [2.75, 3.05) is 0 Å². The summed E-state index contributed by atoms with van der Waals surface area (Å²) in [7, 11) is 0. The molecule has 0 nitrogen and oxygen atoms in total. The lowest BCUT2D eigenvalue weighted by Gasteiger charge is -2.14. The van der Waals surface area contributed by atoms with E-state index in [0.717, 1.165) is 11.8 Å². The van der Waals surface area contributed by atoms with Gasteiger partial charge < -0.3 is 0 Å². The summed E-state index contributed by atoms with van der Waals surface area (Å²) in [4.78, 5) is 0. The zero-order chi connectivity index (χ0) is 9.56. The number of rotatable bonds is 6. The van der Waals surface area contributed by atoms with Crippen molar-refractivity contribution >= 4 is 0 Å². The molecule has 0 fully saturated rings. The minimum atomic E-state index is 0.694. The first-order chi connectivity index (χ1) is 5.56. The van der Waals surface area contributed by atoms with Crippen LogP contribution in [0, 0.1) is 17.8 Å². The van der Waals surface area contributed by atoms with Crippen LogP contribution >= 0.6 is 0 Å². The first-order valence-electron chi connectivity index (χ1n) is 5.18. The molecule has 0 saturated carbocycles. The molecule has 0 radical (unpaired) electrons. The van der Waals surface area contributed by atoms with Gasteiger partial charge in [-0.05, 0) is 30.6 Å². The Morgan fingerprint density at radius 1 is 1.08 bits per heavy atom. The SMILES string of the molecule is C=CC(C)CCC(C)CC(C)C. The van der Waals surface area contributed by atoms with Crippen LogP contribution in [0.15, 0.2) is 12.7 Å². The van der Waals surface area contributed by atoms with E-state index in [4.69, 9.17) is 0 Å². The van der Waals surface area contributed by atoms with Gasteiger partial charge in [0.1, 0.15) is 0 Å². The Kier molecular flexibility index (Phi) is 6.14. The largest absolute Gasteiger partial charge is 0.103 e. The lowest BCUT2D eigenvalue weighted by atomic mass is 9.91. The minimum absolute atomic E-state index is 0.694. The third-order valence-corrected chi connectivity index (χ3v) is 2.39. The van der Waals surface area contributed by atoms with E-state index in [1.54, 1.807) is 0 Å². The predicted octanol–water partition coefficient (Wildman–Crippen LogP) is 4.27. The van der Waals surface area contributed by atoms with Gasteiger partial charge in [0.25, 0.3) is 0 Å². The molecule has 0 aromatic rings. The van der Waals surface area contributed by atoms with Gasteiger partial charge in [-0.25, -0.2) is 0 Å². The van der Waals surface area contributed by atoms with Gasteiger partial charge in [0.2, 0.25) is 0 Å². The molecule has 0 N–H and O–H groups in total. The summed E-state index contributed by atoms with van der Waals surface area (Å²) < 4.78 is 0. The lowest BCUT2D eigenvalue weighted by molar-refractivity contribution is 0.389. The fourth-order valence-electron chi connectivity index (χ4n) is 1.59. The monoisotopic (exact) mass is 168 g/mol. The van der Waals surface area contributed by atoms with Gasteiger partial charge in [0.05, 0.1) is 0 Å². The molecule has 0 aliphatic carbocycles. The molecule has 0 aliphatic rings. The average Bonchev–Trinajstić information content (AvgIpc) is 1.99. The normalized spacial score (nSPS) is 16.1. The Morgan fingerprint density at radius 2 is 1.67 bits per heavy atom. The summed E-state index contributed by atoms with van der Waals surface area (Å²) in [6.45, 7) is 13.0. The van der Waals surface area contributed by atoms with E-state index in [2.05, 4.69) is 40.3 Å². The van der Waals surface area contributed by atoms with E-state index in [1.807, 2.05) is 0 Å². The third-order valence-electron chi connectivity index (χ3n) is 2.39. The van der Waals surface area contributed by atoms with Crippen LogP contribution in [0.25, 0.3) is 0 Å². The fraction of sp³-hybridized carbons (Fsp3) is 0.833. The molecule has 0 bridgehead atoms. The van der Waals surface area contributed by atoms with Gasteiger partial charge in [-0.3, -0.25) is 0 Å². The summed E-state index contributed by atoms with van der Waals surface area (Å²) in [6.07, 6.45) is 6.08. The molecule has 0 aromatic carbocycles. The Labute approximate surface area is 78.1 Å². The highest BCUT2D eigenvalue weighted by Crippen LogP contribution is 2.19. The first-order valence-corrected chi connectivity index (χ1v) is 5.18. The van der Waals surface area contributed by atoms with Crippen molar-refractivity contribution in [3.8, 4) is 0 Å². The van der Waals surface area contributed by atoms with Crippen LogP contribution in [0.1, 0.15) is 47.0 Å². The fourth-order valence-corrected chi connectivity index (χ4v) is 1.59. The first kappa shape index (κ1) is 11.7. The second kappa shape index (κ2) is 6.28. The molecule has 72 valence electrons. The van der Waals surface area contributed by atoms with E-state index in [-0.39, 0.29) is 0 Å². The Balaban J connectivity index is 3.42. The highest BCUT2D eigenvalue weighted by molar-refractivity contribution is 4.75. The van der Waals surface area contributed by atoms with Crippen LogP contribution in [-0.4, -0.2) is 0 Å². The van der Waals surface area contributed by atoms with E-state index >= 15 is 0 Å². The summed E-state index contributed by atoms with van der Waals surface area (Å²) in [5.74, 6) is 2.42. The molecule has 0 aliphatic heterocycles. The topological polar surface area (TPSA) is 0 Å². The smallest absolute Gasteiger partial charge is 0.0265 e. The molecular weight excluding hydrogens is 144 g/mol. The average molecular weight is 168 g/mol. The Bertz CT molecular complexity index is 113. The van der Waals surface area contributed by atoms with Crippen molar-refractivity contribution in [3.63, 3.8) is 0 Å². The van der Waals surface area contributed by atoms with Gasteiger partial charge in [0.15, 0.2) is 0 Å². The maximum atomic E-state index is 3.80. The van der Waals surface area contributed by atoms with E-state index < -0.39 is 0 Å². The Morgan fingerprint density at radius 3 is 2.08 bits per heavy atom. The molecule has 0 aromatic heterocycles. The van der Waals surface area contributed by atoms with Crippen molar-refractivity contribution in [1.82, 2.24) is 0 Å². The summed E-state index contributed by atoms with van der Waals surface area (Å²) in [5, 5.41) is 0. The summed E-state index contributed by atoms with van der Waals surface area (Å²) in [5.41, 5.74) is 0. The molecular formula is C12H24. The predicted molar refractivity (Wildman–Crippen MR) is 57.2 cm³/mol. The second-order valence-corrected chi connectivity index (χ2v) is 4.53. The van der Waals surface area contributed by atoms with E-state index in [9.17, 15) is 0 Å². The van der Waals surface area contributed by atoms with Gasteiger partial charge in [0, 0.05) is 0 Å². The van der Waals surface area contributed by atoms with Crippen molar-refractivity contribution < 1.29 is 0 Å². The zero-order valence-electron chi connectivity index (χ0n) is 9.14. The summed E-state index contributed by atoms with van der Waals surface area (Å²) in [6, 6.07) is 0. The van der Waals surface area contributed by atoms with Gasteiger partial charge in [-0.1, -0.05) is 40.2 Å². The molecule has 0 spiro atoms. The maximum Gasteiger partial charge on any atom is -0.0265 e. The van der Waals surface area contributed by atoms with Crippen LogP contribution in [0.4, 0.5) is 0 Å². The standard InChI is InChI=1S/C12H24/c1-6-11(4)7-8-12(5)9-10(2)3/h6,10-12H,1,7-9H2,2-5H3. The highest BCUT2D eigenvalue weighted by atomic mass is 14.1. The molecule has 0 rings (SSSR count). The van der Waals surface area contributed by atoms with Crippen LogP contribution in [0.2, 0.25) is 0 Å². The molecule has 0 amide bonds. The molecule has 0 saturated heterocycles. The van der Waals surface area contributed by atoms with Crippen molar-refractivity contribution in [2.24, 2.45) is 17.8 Å². The molecule has 12 heavy (non-hydrogen) atoms. The summed E-state index contributed by atoms with van der Waals surface area (Å²) >= 11 is 0. The van der Waals surface area contributed by atoms with Crippen LogP contribution in [-0.2, 0) is 0 Å². The number of hydrogen-bond donors (Lipinski definition) is 0. The van der Waals surface area contributed by atoms with Crippen LogP contribution in [0.5, 0.6) is 0 Å². The van der Waals surface area contributed by atoms with Gasteiger partial charge in [-0.2, -0.15) is 0 Å². The minimum Gasteiger partial charge on any atom is -0.103 e. The maximum absolute atomic E-state index is 3.80. The Hall–Kier alpha value is -0.260. The van der Waals surface area contributed by atoms with E-state index in [0.29, 0.717) is 5.92 Å². The van der Waals surface area contributed by atoms with Crippen molar-refractivity contribution in [3.05, 3.63) is 12.7 Å². The second-order valence-electron chi connectivity index (χ2n) is 4.53. The third kappa shape index (κ3) is 6.45. The van der Waals surface area contributed by atoms with Crippen molar-refractivity contribution in [1.29, 1.82) is 0 Å². The van der Waals surface area contributed by atoms with Gasteiger partial charge >= 0.3 is 0 Å². The highest BCUT2D eigenvalue weighted by Gasteiger charge is 2.06. The van der Waals surface area contributed by atoms with E-state index in [1.165, 1.54) is 19.3 Å². The number of allylic oxidation sites excluding steroid dienone is 1. The molecule has 2 atom stereocenters. The lowest BCUT2D eigenvalue weighted by Crippen LogP contribution is -2.02. The number of hydrogen-bond acceptors (Lipinski definition) is 0. The quantitative estimate of drug-likeness (QED) is 0.519. The van der Waals surface area contributed by atoms with Crippen molar-refractivity contribution in [2.45, 2.75) is 47.0 Å². The van der Waals surface area contributed by atoms with Gasteiger partial charge in [-0.15, -0.1) is 6.58 Å².